The van der Waals surface area contributed by atoms with Gasteiger partial charge in [0.05, 0.1) is 9.37 Å². The van der Waals surface area contributed by atoms with Crippen LogP contribution in [0.15, 0.2) is 57.9 Å². The smallest absolute Gasteiger partial charge is 0.273 e. The molecule has 1 heterocycles. The van der Waals surface area contributed by atoms with E-state index in [4.69, 9.17) is 0 Å². The van der Waals surface area contributed by atoms with Gasteiger partial charge in [0.25, 0.3) is 5.91 Å². The van der Waals surface area contributed by atoms with Gasteiger partial charge in [0, 0.05) is 30.7 Å². The summed E-state index contributed by atoms with van der Waals surface area (Å²) in [7, 11) is -0.643. The molecule has 0 spiro atoms. The van der Waals surface area contributed by atoms with Crippen molar-refractivity contribution in [1.29, 1.82) is 0 Å². The third kappa shape index (κ3) is 3.33. The van der Waals surface area contributed by atoms with E-state index in [1.807, 2.05) is 24.3 Å². The van der Waals surface area contributed by atoms with Gasteiger partial charge in [-0.05, 0) is 40.2 Å². The second-order valence-corrected chi connectivity index (χ2v) is 8.57. The van der Waals surface area contributed by atoms with Gasteiger partial charge in [-0.3, -0.25) is 4.79 Å². The lowest BCUT2D eigenvalue weighted by molar-refractivity contribution is 0.102. The Morgan fingerprint density at radius 3 is 2.52 bits per heavy atom. The molecule has 3 aromatic rings. The van der Waals surface area contributed by atoms with Gasteiger partial charge >= 0.3 is 0 Å². The van der Waals surface area contributed by atoms with Crippen molar-refractivity contribution in [3.63, 3.8) is 0 Å². The average molecular weight is 422 g/mol. The van der Waals surface area contributed by atoms with Gasteiger partial charge in [0.15, 0.2) is 0 Å². The molecule has 0 saturated heterocycles. The molecule has 25 heavy (non-hydrogen) atoms. The Balaban J connectivity index is 1.92. The van der Waals surface area contributed by atoms with Gasteiger partial charge in [0.2, 0.25) is 10.0 Å². The highest BCUT2D eigenvalue weighted by molar-refractivity contribution is 9.10. The number of carbonyl (C=O) groups is 1. The first-order valence-corrected chi connectivity index (χ1v) is 9.64. The molecular weight excluding hydrogens is 406 g/mol. The zero-order valence-electron chi connectivity index (χ0n) is 13.6. The maximum absolute atomic E-state index is 12.6. The van der Waals surface area contributed by atoms with Crippen molar-refractivity contribution in [1.82, 2.24) is 9.29 Å². The molecule has 0 saturated carbocycles. The predicted molar refractivity (Wildman–Crippen MR) is 101 cm³/mol. The number of hydrogen-bond donors (Lipinski definition) is 2. The molecule has 0 radical (unpaired) electrons. The highest BCUT2D eigenvalue weighted by Crippen LogP contribution is 2.28. The van der Waals surface area contributed by atoms with Gasteiger partial charge in [-0.2, -0.15) is 0 Å². The number of nitrogens with zero attached hydrogens (tertiary/aromatic N) is 1. The zero-order valence-corrected chi connectivity index (χ0v) is 16.0. The highest BCUT2D eigenvalue weighted by atomic mass is 79.9. The number of anilines is 1. The molecule has 0 aliphatic heterocycles. The van der Waals surface area contributed by atoms with Gasteiger partial charge < -0.3 is 10.3 Å². The molecule has 2 N–H and O–H groups in total. The largest absolute Gasteiger partial charge is 0.350 e. The number of aromatic amines is 1. The van der Waals surface area contributed by atoms with Crippen molar-refractivity contribution in [2.75, 3.05) is 19.4 Å². The van der Waals surface area contributed by atoms with E-state index >= 15 is 0 Å². The number of benzene rings is 2. The van der Waals surface area contributed by atoms with Crippen molar-refractivity contribution in [2.24, 2.45) is 0 Å². The normalized spacial score (nSPS) is 11.8. The maximum atomic E-state index is 12.6. The number of nitrogens with one attached hydrogen (secondary N) is 2. The van der Waals surface area contributed by atoms with Crippen LogP contribution in [0.25, 0.3) is 10.9 Å². The lowest BCUT2D eigenvalue weighted by atomic mass is 10.2. The van der Waals surface area contributed by atoms with Gasteiger partial charge in [-0.1, -0.05) is 24.3 Å². The number of carbonyl (C=O) groups excluding carboxylic acids is 1. The van der Waals surface area contributed by atoms with Crippen molar-refractivity contribution in [3.8, 4) is 0 Å². The number of halogens is 1. The fourth-order valence-corrected chi connectivity index (χ4v) is 3.98. The summed E-state index contributed by atoms with van der Waals surface area (Å²) in [5.74, 6) is -0.359. The van der Waals surface area contributed by atoms with Crippen LogP contribution >= 0.6 is 15.9 Å². The quantitative estimate of drug-likeness (QED) is 0.676. The van der Waals surface area contributed by atoms with E-state index in [0.29, 0.717) is 15.9 Å². The minimum Gasteiger partial charge on any atom is -0.350 e. The first-order chi connectivity index (χ1) is 11.8. The summed E-state index contributed by atoms with van der Waals surface area (Å²) >= 11 is 3.44. The molecule has 0 unspecified atom stereocenters. The summed E-state index contributed by atoms with van der Waals surface area (Å²) in [6.07, 6.45) is 0. The van der Waals surface area contributed by atoms with Gasteiger partial charge in [-0.15, -0.1) is 0 Å². The molecule has 0 aliphatic carbocycles. The summed E-state index contributed by atoms with van der Waals surface area (Å²) in [6.45, 7) is 0. The summed E-state index contributed by atoms with van der Waals surface area (Å²) in [5, 5.41) is 3.63. The fraction of sp³-hybridized carbons (Fsp3) is 0.118. The summed E-state index contributed by atoms with van der Waals surface area (Å²) in [5.41, 5.74) is 1.61. The number of rotatable bonds is 4. The predicted octanol–water partition coefficient (Wildman–Crippen LogP) is 3.43. The average Bonchev–Trinajstić information content (AvgIpc) is 2.92. The van der Waals surface area contributed by atoms with E-state index < -0.39 is 10.0 Å². The lowest BCUT2D eigenvalue weighted by Gasteiger charge is -2.12. The van der Waals surface area contributed by atoms with Crippen molar-refractivity contribution in [2.45, 2.75) is 4.90 Å². The van der Waals surface area contributed by atoms with Crippen LogP contribution in [0.1, 0.15) is 10.5 Å². The minimum atomic E-state index is -3.56. The van der Waals surface area contributed by atoms with Crippen LogP contribution in [0, 0.1) is 0 Å². The van der Waals surface area contributed by atoms with Crippen LogP contribution in [0.2, 0.25) is 0 Å². The Kier molecular flexibility index (Phi) is 4.68. The van der Waals surface area contributed by atoms with E-state index in [9.17, 15) is 13.2 Å². The Hall–Kier alpha value is -2.16. The molecule has 1 amide bonds. The maximum Gasteiger partial charge on any atom is 0.273 e. The number of sulfonamides is 1. The first kappa shape index (κ1) is 17.7. The number of aromatic nitrogens is 1. The van der Waals surface area contributed by atoms with Crippen molar-refractivity contribution >= 4 is 48.5 Å². The molecule has 0 fully saturated rings. The second kappa shape index (κ2) is 6.62. The number of H-pyrrole nitrogens is 1. The third-order valence-electron chi connectivity index (χ3n) is 3.74. The Morgan fingerprint density at radius 2 is 1.84 bits per heavy atom. The highest BCUT2D eigenvalue weighted by Gasteiger charge is 2.19. The van der Waals surface area contributed by atoms with Crippen LogP contribution < -0.4 is 5.32 Å². The molecule has 0 aliphatic rings. The Morgan fingerprint density at radius 1 is 1.12 bits per heavy atom. The zero-order chi connectivity index (χ0) is 18.2. The van der Waals surface area contributed by atoms with Crippen LogP contribution in [-0.4, -0.2) is 37.7 Å². The topological polar surface area (TPSA) is 82.3 Å². The van der Waals surface area contributed by atoms with Crippen LogP contribution in [0.3, 0.4) is 0 Å². The first-order valence-electron chi connectivity index (χ1n) is 7.41. The van der Waals surface area contributed by atoms with Gasteiger partial charge in [-0.25, -0.2) is 12.7 Å². The summed E-state index contributed by atoms with van der Waals surface area (Å²) < 4.78 is 26.2. The molecule has 3 rings (SSSR count). The molecule has 2 aromatic carbocycles. The molecule has 0 atom stereocenters. The molecule has 6 nitrogen and oxygen atoms in total. The van der Waals surface area contributed by atoms with Crippen molar-refractivity contribution < 1.29 is 13.2 Å². The fourth-order valence-electron chi connectivity index (χ4n) is 2.40. The van der Waals surface area contributed by atoms with Gasteiger partial charge in [0.1, 0.15) is 5.69 Å². The van der Waals surface area contributed by atoms with Crippen LogP contribution in [0.4, 0.5) is 5.69 Å². The standard InChI is InChI=1S/C17H16BrN3O3S/c1-21(2)25(23,24)12-7-5-6-11(10-12)19-17(22)16-15(18)13-8-3-4-9-14(13)20-16/h3-10,20H,1-2H3,(H,19,22). The number of amides is 1. The number of para-hydroxylation sites is 1. The number of fused-ring (bicyclic) bond motifs is 1. The van der Waals surface area contributed by atoms with Crippen LogP contribution in [0.5, 0.6) is 0 Å². The second-order valence-electron chi connectivity index (χ2n) is 5.63. The van der Waals surface area contributed by atoms with Crippen molar-refractivity contribution in [3.05, 3.63) is 58.7 Å². The monoisotopic (exact) mass is 421 g/mol. The number of hydrogen-bond acceptors (Lipinski definition) is 3. The lowest BCUT2D eigenvalue weighted by Crippen LogP contribution is -2.22. The van der Waals surface area contributed by atoms with E-state index in [1.54, 1.807) is 12.1 Å². The molecule has 130 valence electrons. The Labute approximate surface area is 154 Å². The third-order valence-corrected chi connectivity index (χ3v) is 6.37. The molecule has 0 bridgehead atoms. The van der Waals surface area contributed by atoms with E-state index in [0.717, 1.165) is 15.2 Å². The molecule has 8 heteroatoms. The summed E-state index contributed by atoms with van der Waals surface area (Å²) in [6, 6.07) is 13.7. The van der Waals surface area contributed by atoms with E-state index in [2.05, 4.69) is 26.2 Å². The molecule has 1 aromatic heterocycles. The van der Waals surface area contributed by atoms with E-state index in [1.165, 1.54) is 26.2 Å². The Bertz CT molecular complexity index is 1060. The van der Waals surface area contributed by atoms with Crippen LogP contribution in [-0.2, 0) is 10.0 Å². The summed E-state index contributed by atoms with van der Waals surface area (Å²) in [4.78, 5) is 15.7. The SMILES string of the molecule is CN(C)S(=O)(=O)c1cccc(NC(=O)c2[nH]c3ccccc3c2Br)c1. The molecular formula is C17H16BrN3O3S. The minimum absolute atomic E-state index is 0.117. The van der Waals surface area contributed by atoms with E-state index in [-0.39, 0.29) is 10.8 Å².